The molecule has 7 nitrogen and oxygen atoms in total. The van der Waals surface area contributed by atoms with E-state index in [1.54, 1.807) is 0 Å². The Kier molecular flexibility index (Phi) is 4.81. The predicted molar refractivity (Wildman–Crippen MR) is 53.3 cm³/mol. The molecule has 92 valence electrons. The fraction of sp³-hybridized carbons (Fsp3) is 0.556. The molecule has 1 amide bonds. The maximum atomic E-state index is 11.0. The third kappa shape index (κ3) is 3.12. The number of aromatic nitrogens is 3. The SMILES string of the molecule is COc1nc(OC)nc(C2CCC(=O)[N-]2)n1.[W]. The van der Waals surface area contributed by atoms with E-state index < -0.39 is 0 Å². The molecule has 1 aromatic heterocycles. The number of carbonyl (C=O) groups is 1. The number of methoxy groups -OCH3 is 2. The van der Waals surface area contributed by atoms with Crippen LogP contribution >= 0.6 is 0 Å². The van der Waals surface area contributed by atoms with Crippen molar-refractivity contribution < 1.29 is 35.3 Å². The van der Waals surface area contributed by atoms with Crippen molar-refractivity contribution >= 4 is 5.91 Å². The van der Waals surface area contributed by atoms with Gasteiger partial charge in [0.2, 0.25) is 0 Å². The molecule has 0 saturated carbocycles. The number of amides is 1. The minimum Gasteiger partial charge on any atom is -0.645 e. The molecule has 1 aliphatic rings. The third-order valence-corrected chi connectivity index (χ3v) is 2.21. The van der Waals surface area contributed by atoms with Crippen LogP contribution in [-0.2, 0) is 25.9 Å². The van der Waals surface area contributed by atoms with Gasteiger partial charge in [-0.15, -0.1) is 4.98 Å². The van der Waals surface area contributed by atoms with Gasteiger partial charge >= 0.3 is 12.0 Å². The molecular weight excluding hydrogens is 396 g/mol. The second-order valence-electron chi connectivity index (χ2n) is 3.24. The summed E-state index contributed by atoms with van der Waals surface area (Å²) in [4.78, 5) is 23.0. The fourth-order valence-electron chi connectivity index (χ4n) is 1.43. The molecular formula is C9H11N4O3W-. The number of rotatable bonds is 3. The van der Waals surface area contributed by atoms with Crippen LogP contribution in [0, 0.1) is 0 Å². The Labute approximate surface area is 113 Å². The minimum atomic E-state index is -0.307. The minimum absolute atomic E-state index is 0. The summed E-state index contributed by atoms with van der Waals surface area (Å²) in [5.41, 5.74) is 0. The Morgan fingerprint density at radius 3 is 2.18 bits per heavy atom. The Bertz CT molecular complexity index is 393. The Morgan fingerprint density at radius 1 is 1.18 bits per heavy atom. The third-order valence-electron chi connectivity index (χ3n) is 2.21. The van der Waals surface area contributed by atoms with Crippen LogP contribution in [-0.4, -0.2) is 35.1 Å². The topological polar surface area (TPSA) is 88.3 Å². The predicted octanol–water partition coefficient (Wildman–Crippen LogP) is 0.622. The Morgan fingerprint density at radius 2 is 1.76 bits per heavy atom. The van der Waals surface area contributed by atoms with E-state index >= 15 is 0 Å². The second-order valence-corrected chi connectivity index (χ2v) is 3.24. The van der Waals surface area contributed by atoms with Crippen LogP contribution in [0.5, 0.6) is 12.0 Å². The average Bonchev–Trinajstić information content (AvgIpc) is 2.75. The molecule has 0 aliphatic carbocycles. The van der Waals surface area contributed by atoms with E-state index in [1.165, 1.54) is 14.2 Å². The maximum absolute atomic E-state index is 11.0. The molecule has 0 spiro atoms. The molecule has 1 saturated heterocycles. The number of hydrogen-bond acceptors (Lipinski definition) is 6. The summed E-state index contributed by atoms with van der Waals surface area (Å²) >= 11 is 0. The van der Waals surface area contributed by atoms with Crippen molar-refractivity contribution in [1.82, 2.24) is 15.0 Å². The average molecular weight is 407 g/mol. The van der Waals surface area contributed by atoms with E-state index in [-0.39, 0.29) is 45.0 Å². The van der Waals surface area contributed by atoms with E-state index in [0.717, 1.165) is 0 Å². The van der Waals surface area contributed by atoms with Crippen molar-refractivity contribution in [3.63, 3.8) is 0 Å². The molecule has 0 bridgehead atoms. The normalized spacial score (nSPS) is 18.2. The van der Waals surface area contributed by atoms with Gasteiger partial charge in [-0.3, -0.25) is 0 Å². The van der Waals surface area contributed by atoms with Crippen LogP contribution in [0.3, 0.4) is 0 Å². The molecule has 1 fully saturated rings. The molecule has 17 heavy (non-hydrogen) atoms. The van der Waals surface area contributed by atoms with Crippen molar-refractivity contribution in [1.29, 1.82) is 0 Å². The maximum Gasteiger partial charge on any atom is 0.322 e. The number of ether oxygens (including phenoxy) is 2. The van der Waals surface area contributed by atoms with Gasteiger partial charge in [0.05, 0.1) is 20.1 Å². The molecule has 1 aromatic rings. The molecule has 0 N–H and O–H groups in total. The van der Waals surface area contributed by atoms with Gasteiger partial charge < -0.3 is 19.6 Å². The van der Waals surface area contributed by atoms with E-state index in [9.17, 15) is 4.79 Å². The summed E-state index contributed by atoms with van der Waals surface area (Å²) in [6, 6.07) is 0.0195. The summed E-state index contributed by atoms with van der Waals surface area (Å²) in [6.45, 7) is 0. The van der Waals surface area contributed by atoms with Gasteiger partial charge in [0.1, 0.15) is 5.82 Å². The smallest absolute Gasteiger partial charge is 0.322 e. The van der Waals surface area contributed by atoms with Gasteiger partial charge in [0.25, 0.3) is 0 Å². The summed E-state index contributed by atoms with van der Waals surface area (Å²) in [6.07, 6.45) is 1.05. The first-order valence-corrected chi connectivity index (χ1v) is 4.80. The van der Waals surface area contributed by atoms with Crippen molar-refractivity contribution in [3.8, 4) is 12.0 Å². The van der Waals surface area contributed by atoms with E-state index in [2.05, 4.69) is 20.3 Å². The van der Waals surface area contributed by atoms with Crippen molar-refractivity contribution in [3.05, 3.63) is 11.1 Å². The van der Waals surface area contributed by atoms with Gasteiger partial charge in [-0.05, 0) is 6.42 Å². The number of hydrogen-bond donors (Lipinski definition) is 0. The van der Waals surface area contributed by atoms with Crippen molar-refractivity contribution in [2.75, 3.05) is 14.2 Å². The zero-order valence-electron chi connectivity index (χ0n) is 9.41. The van der Waals surface area contributed by atoms with Crippen LogP contribution in [0.2, 0.25) is 0 Å². The van der Waals surface area contributed by atoms with Crippen LogP contribution in [0.4, 0.5) is 0 Å². The van der Waals surface area contributed by atoms with E-state index in [4.69, 9.17) is 9.47 Å². The molecule has 0 aromatic carbocycles. The zero-order valence-corrected chi connectivity index (χ0v) is 12.3. The second kappa shape index (κ2) is 5.91. The van der Waals surface area contributed by atoms with Gasteiger partial charge in [-0.2, -0.15) is 9.97 Å². The fourth-order valence-corrected chi connectivity index (χ4v) is 1.43. The van der Waals surface area contributed by atoms with Crippen LogP contribution in [0.1, 0.15) is 24.7 Å². The molecule has 0 radical (unpaired) electrons. The number of nitrogens with zero attached hydrogens (tertiary/aromatic N) is 4. The first kappa shape index (κ1) is 13.8. The molecule has 2 heterocycles. The zero-order chi connectivity index (χ0) is 11.5. The molecule has 1 aliphatic heterocycles. The quantitative estimate of drug-likeness (QED) is 0.731. The Hall–Kier alpha value is -1.23. The van der Waals surface area contributed by atoms with Crippen LogP contribution in [0.15, 0.2) is 0 Å². The summed E-state index contributed by atoms with van der Waals surface area (Å²) in [7, 11) is 2.91. The van der Waals surface area contributed by atoms with Crippen LogP contribution < -0.4 is 9.47 Å². The van der Waals surface area contributed by atoms with Gasteiger partial charge in [-0.25, -0.2) is 0 Å². The Balaban J connectivity index is 0.00000144. The summed E-state index contributed by atoms with van der Waals surface area (Å²) in [5, 5.41) is 3.91. The summed E-state index contributed by atoms with van der Waals surface area (Å²) < 4.78 is 9.83. The van der Waals surface area contributed by atoms with Crippen molar-refractivity contribution in [2.45, 2.75) is 18.9 Å². The first-order valence-electron chi connectivity index (χ1n) is 4.80. The van der Waals surface area contributed by atoms with Gasteiger partial charge in [0, 0.05) is 21.1 Å². The van der Waals surface area contributed by atoms with E-state index in [1.807, 2.05) is 0 Å². The standard InChI is InChI=1S/C9H12N4O3.W/c1-15-8-11-7(12-9(13-8)16-2)5-3-4-6(14)10-5;/h5H,3-4H2,1-2H3,(H,10,14);/p-1. The van der Waals surface area contributed by atoms with Gasteiger partial charge in [-0.1, -0.05) is 12.5 Å². The van der Waals surface area contributed by atoms with Crippen LogP contribution in [0.25, 0.3) is 5.32 Å². The molecule has 1 unspecified atom stereocenters. The summed E-state index contributed by atoms with van der Waals surface area (Å²) in [5.74, 6) is 0.290. The first-order chi connectivity index (χ1) is 7.72. The van der Waals surface area contributed by atoms with Crippen molar-refractivity contribution in [2.24, 2.45) is 0 Å². The monoisotopic (exact) mass is 407 g/mol. The molecule has 2 rings (SSSR count). The van der Waals surface area contributed by atoms with Gasteiger partial charge in [0.15, 0.2) is 0 Å². The number of carbonyl (C=O) groups excluding carboxylic acids is 1. The molecule has 1 atom stereocenters. The molecule has 8 heteroatoms. The largest absolute Gasteiger partial charge is 0.645 e. The van der Waals surface area contributed by atoms with E-state index in [0.29, 0.717) is 18.7 Å².